The summed E-state index contributed by atoms with van der Waals surface area (Å²) in [7, 11) is 0. The van der Waals surface area contributed by atoms with Gasteiger partial charge in [-0.25, -0.2) is 0 Å². The van der Waals surface area contributed by atoms with Crippen molar-refractivity contribution in [2.75, 3.05) is 0 Å². The molecule has 0 aromatic carbocycles. The van der Waals surface area contributed by atoms with Gasteiger partial charge >= 0.3 is 0 Å². The van der Waals surface area contributed by atoms with Crippen LogP contribution in [0.4, 0.5) is 0 Å². The van der Waals surface area contributed by atoms with Gasteiger partial charge in [0.05, 0.1) is 17.4 Å². The first kappa shape index (κ1) is 6.17. The molecular formula is C2H2BrN2S. The van der Waals surface area contributed by atoms with Crippen molar-refractivity contribution in [3.63, 3.8) is 0 Å². The molecule has 0 aliphatic carbocycles. The van der Waals surface area contributed by atoms with Gasteiger partial charge in [0.1, 0.15) is 4.52 Å². The summed E-state index contributed by atoms with van der Waals surface area (Å²) < 4.78 is 3.51. The van der Waals surface area contributed by atoms with E-state index in [-0.39, 0.29) is 17.0 Å². The van der Waals surface area contributed by atoms with Gasteiger partial charge in [-0.1, -0.05) is 0 Å². The predicted molar refractivity (Wildman–Crippen MR) is 21.3 cm³/mol. The highest BCUT2D eigenvalue weighted by atomic mass is 79.9. The van der Waals surface area contributed by atoms with Crippen LogP contribution in [0.5, 0.6) is 0 Å². The van der Waals surface area contributed by atoms with E-state index in [1.807, 2.05) is 5.41 Å². The van der Waals surface area contributed by atoms with Crippen LogP contribution < -0.4 is 22.1 Å². The lowest BCUT2D eigenvalue weighted by atomic mass is 11.1. The minimum absolute atomic E-state index is 0. The highest BCUT2D eigenvalue weighted by molar-refractivity contribution is 8.00. The van der Waals surface area contributed by atoms with Crippen LogP contribution in [-0.4, -0.2) is 0 Å². The van der Waals surface area contributed by atoms with E-state index < -0.39 is 0 Å². The molecule has 0 unspecified atom stereocenters. The van der Waals surface area contributed by atoms with Crippen molar-refractivity contribution in [2.45, 2.75) is 0 Å². The second kappa shape index (κ2) is 3.36. The van der Waals surface area contributed by atoms with Crippen molar-refractivity contribution in [3.05, 3.63) is 11.6 Å². The van der Waals surface area contributed by atoms with Crippen LogP contribution in [-0.2, 0) is 0 Å². The molecule has 0 spiro atoms. The summed E-state index contributed by atoms with van der Waals surface area (Å²) in [6.45, 7) is 0. The Morgan fingerprint density at radius 2 is 2.50 bits per heavy atom. The van der Waals surface area contributed by atoms with Gasteiger partial charge in [-0.05, 0) is 0 Å². The highest BCUT2D eigenvalue weighted by Crippen LogP contribution is 2.04. The molecule has 0 saturated carbocycles. The summed E-state index contributed by atoms with van der Waals surface area (Å²) in [4.78, 5) is 0. The Hall–Kier alpha value is 0.170. The molecule has 1 radical (unpaired) electrons. The molecule has 1 rings (SSSR count). The number of rotatable bonds is 0. The van der Waals surface area contributed by atoms with E-state index in [0.717, 1.165) is 0 Å². The van der Waals surface area contributed by atoms with Gasteiger partial charge < -0.3 is 17.0 Å². The molecule has 1 aliphatic rings. The van der Waals surface area contributed by atoms with Gasteiger partial charge in [0, 0.05) is 0 Å². The predicted octanol–water partition coefficient (Wildman–Crippen LogP) is -2.09. The van der Waals surface area contributed by atoms with Crippen molar-refractivity contribution in [3.8, 4) is 0 Å². The third-order valence-electron chi connectivity index (χ3n) is 0.283. The van der Waals surface area contributed by atoms with Crippen molar-refractivity contribution in [1.82, 2.24) is 5.11 Å². The SMILES string of the molecule is C1=CSN=[N+]1.[Br-]. The van der Waals surface area contributed by atoms with Gasteiger partial charge in [0.25, 0.3) is 6.20 Å². The van der Waals surface area contributed by atoms with Crippen molar-refractivity contribution in [2.24, 2.45) is 4.52 Å². The first-order valence-corrected chi connectivity index (χ1v) is 2.05. The molecular weight excluding hydrogens is 164 g/mol. The van der Waals surface area contributed by atoms with E-state index >= 15 is 0 Å². The summed E-state index contributed by atoms with van der Waals surface area (Å²) in [5, 5.41) is 5.31. The first-order valence-electron chi connectivity index (χ1n) is 1.21. The topological polar surface area (TPSA) is 26.5 Å². The summed E-state index contributed by atoms with van der Waals surface area (Å²) >= 11 is 1.35. The molecule has 0 N–H and O–H groups in total. The lowest BCUT2D eigenvalue weighted by Crippen LogP contribution is -3.00. The van der Waals surface area contributed by atoms with Gasteiger partial charge in [-0.15, -0.1) is 0 Å². The molecule has 2 nitrogen and oxygen atoms in total. The van der Waals surface area contributed by atoms with Crippen LogP contribution in [0.15, 0.2) is 16.1 Å². The Bertz CT molecular complexity index is 69.6. The van der Waals surface area contributed by atoms with Crippen molar-refractivity contribution in [1.29, 1.82) is 0 Å². The van der Waals surface area contributed by atoms with Crippen LogP contribution in [0.1, 0.15) is 0 Å². The summed E-state index contributed by atoms with van der Waals surface area (Å²) in [6, 6.07) is 0. The zero-order valence-electron chi connectivity index (χ0n) is 2.84. The van der Waals surface area contributed by atoms with Gasteiger partial charge in [-0.2, -0.15) is 0 Å². The fourth-order valence-electron chi connectivity index (χ4n) is 0.136. The van der Waals surface area contributed by atoms with E-state index in [2.05, 4.69) is 9.63 Å². The maximum atomic E-state index is 3.51. The van der Waals surface area contributed by atoms with Crippen LogP contribution in [0, 0.1) is 0 Å². The molecule has 0 bridgehead atoms. The minimum atomic E-state index is 0. The van der Waals surface area contributed by atoms with E-state index in [9.17, 15) is 0 Å². The maximum Gasteiger partial charge on any atom is 0.286 e. The number of nitrogens with zero attached hydrogens (tertiary/aromatic N) is 2. The monoisotopic (exact) mass is 165 g/mol. The number of halogens is 1. The molecule has 0 fully saturated rings. The largest absolute Gasteiger partial charge is 1.00 e. The molecule has 1 heterocycles. The van der Waals surface area contributed by atoms with Crippen molar-refractivity contribution < 1.29 is 17.0 Å². The lowest BCUT2D eigenvalue weighted by Gasteiger charge is -1.42. The Balaban J connectivity index is 0.000000250. The van der Waals surface area contributed by atoms with Crippen molar-refractivity contribution >= 4 is 11.9 Å². The zero-order chi connectivity index (χ0) is 3.54. The van der Waals surface area contributed by atoms with Gasteiger partial charge in [-0.3, -0.25) is 0 Å². The Morgan fingerprint density at radius 1 is 1.67 bits per heavy atom. The second-order valence-electron chi connectivity index (χ2n) is 0.588. The van der Waals surface area contributed by atoms with E-state index in [0.29, 0.717) is 0 Å². The average Bonchev–Trinajstić information content (AvgIpc) is 1.76. The first-order chi connectivity index (χ1) is 2.50. The summed E-state index contributed by atoms with van der Waals surface area (Å²) in [5.41, 5.74) is 0. The number of hydrogen-bond donors (Lipinski definition) is 0. The third-order valence-corrected chi connectivity index (χ3v) is 0.715. The number of hydrogen-bond acceptors (Lipinski definition) is 3. The Kier molecular flexibility index (Phi) is 3.46. The van der Waals surface area contributed by atoms with Crippen LogP contribution in [0.2, 0.25) is 0 Å². The smallest absolute Gasteiger partial charge is 0.286 e. The zero-order valence-corrected chi connectivity index (χ0v) is 5.24. The quantitative estimate of drug-likeness (QED) is 0.379. The van der Waals surface area contributed by atoms with Crippen LogP contribution >= 0.6 is 11.9 Å². The molecule has 4 heteroatoms. The highest BCUT2D eigenvalue weighted by Gasteiger charge is 1.93. The van der Waals surface area contributed by atoms with E-state index in [4.69, 9.17) is 0 Å². The molecule has 0 atom stereocenters. The fraction of sp³-hybridized carbons (Fsp3) is 0. The van der Waals surface area contributed by atoms with E-state index in [1.165, 1.54) is 11.9 Å². The molecule has 0 aromatic rings. The third kappa shape index (κ3) is 1.57. The normalized spacial score (nSPS) is 14.7. The second-order valence-corrected chi connectivity index (χ2v) is 1.23. The fourth-order valence-corrected chi connectivity index (χ4v) is 0.408. The van der Waals surface area contributed by atoms with Gasteiger partial charge in [0.2, 0.25) is 5.11 Å². The molecule has 6 heavy (non-hydrogen) atoms. The average molecular weight is 166 g/mol. The van der Waals surface area contributed by atoms with Gasteiger partial charge in [0.15, 0.2) is 0 Å². The molecule has 33 valence electrons. The summed E-state index contributed by atoms with van der Waals surface area (Å²) in [6.07, 6.45) is 1.66. The van der Waals surface area contributed by atoms with Crippen LogP contribution in [0.3, 0.4) is 0 Å². The Morgan fingerprint density at radius 3 is 2.67 bits per heavy atom. The molecule has 0 saturated heterocycles. The molecule has 0 aromatic heterocycles. The summed E-state index contributed by atoms with van der Waals surface area (Å²) in [5.74, 6) is 0. The standard InChI is InChI=1S/C2H2N2S.BrH/c1-2-5-4-3-1;/h1-2H;1H/q+1;/p-1. The van der Waals surface area contributed by atoms with Crippen LogP contribution in [0.25, 0.3) is 0 Å². The molecule has 0 amide bonds. The Labute approximate surface area is 50.6 Å². The lowest BCUT2D eigenvalue weighted by molar-refractivity contribution is -0.00000105. The molecule has 1 aliphatic heterocycles. The maximum absolute atomic E-state index is 3.51. The van der Waals surface area contributed by atoms with E-state index in [1.54, 1.807) is 6.20 Å². The minimum Gasteiger partial charge on any atom is -1.00 e.